The maximum absolute atomic E-state index is 15.1. The van der Waals surface area contributed by atoms with Crippen LogP contribution in [0, 0.1) is 18.6 Å². The van der Waals surface area contributed by atoms with Crippen LogP contribution in [0.25, 0.3) is 23.1 Å². The minimum atomic E-state index is -1.06. The van der Waals surface area contributed by atoms with E-state index in [1.54, 1.807) is 47.9 Å². The Morgan fingerprint density at radius 3 is 2.35 bits per heavy atom. The van der Waals surface area contributed by atoms with Gasteiger partial charge in [0, 0.05) is 23.6 Å². The van der Waals surface area contributed by atoms with Crippen molar-refractivity contribution in [3.8, 4) is 11.5 Å². The van der Waals surface area contributed by atoms with Gasteiger partial charge in [-0.3, -0.25) is 9.59 Å². The SMILES string of the molecule is Cc1c(CCCC(=O)O)c2c(F)ccc(C=Cc3ccc(OC/C=C/COc4cc(F)ccc4Cl)cc3)c2n1CC(=O)O. The summed E-state index contributed by atoms with van der Waals surface area (Å²) in [6.07, 6.45) is 7.70. The highest BCUT2D eigenvalue weighted by atomic mass is 35.5. The molecule has 4 rings (SSSR count). The Balaban J connectivity index is 1.44. The van der Waals surface area contributed by atoms with Gasteiger partial charge in [-0.05, 0) is 85.0 Å². The van der Waals surface area contributed by atoms with Crippen LogP contribution < -0.4 is 9.47 Å². The molecule has 1 aromatic heterocycles. The number of fused-ring (bicyclic) bond motifs is 1. The first-order valence-electron chi connectivity index (χ1n) is 13.5. The van der Waals surface area contributed by atoms with Crippen molar-refractivity contribution < 1.29 is 38.1 Å². The molecular formula is C33H30ClF2NO6. The van der Waals surface area contributed by atoms with Gasteiger partial charge in [-0.15, -0.1) is 0 Å². The second-order valence-corrected chi connectivity index (χ2v) is 10.1. The number of carboxylic acids is 2. The average molecular weight is 610 g/mol. The maximum atomic E-state index is 15.1. The van der Waals surface area contributed by atoms with Crippen LogP contribution in [-0.2, 0) is 22.6 Å². The van der Waals surface area contributed by atoms with Gasteiger partial charge in [-0.25, -0.2) is 8.78 Å². The van der Waals surface area contributed by atoms with Crippen LogP contribution in [0.4, 0.5) is 8.78 Å². The monoisotopic (exact) mass is 609 g/mol. The molecule has 0 saturated heterocycles. The van der Waals surface area contributed by atoms with Crippen molar-refractivity contribution in [1.82, 2.24) is 4.57 Å². The number of hydrogen-bond acceptors (Lipinski definition) is 4. The number of rotatable bonds is 14. The van der Waals surface area contributed by atoms with Gasteiger partial charge in [0.15, 0.2) is 0 Å². The van der Waals surface area contributed by atoms with Crippen LogP contribution in [0.3, 0.4) is 0 Å². The third-order valence-corrected chi connectivity index (χ3v) is 7.07. The highest BCUT2D eigenvalue weighted by Crippen LogP contribution is 2.33. The number of benzene rings is 3. The lowest BCUT2D eigenvalue weighted by Gasteiger charge is -2.08. The molecule has 0 aliphatic carbocycles. The van der Waals surface area contributed by atoms with E-state index in [0.29, 0.717) is 51.3 Å². The van der Waals surface area contributed by atoms with E-state index in [0.717, 1.165) is 5.56 Å². The summed E-state index contributed by atoms with van der Waals surface area (Å²) in [6.45, 7) is 1.87. The van der Waals surface area contributed by atoms with Gasteiger partial charge in [0.25, 0.3) is 0 Å². The molecule has 0 atom stereocenters. The lowest BCUT2D eigenvalue weighted by Crippen LogP contribution is -2.10. The van der Waals surface area contributed by atoms with Gasteiger partial charge in [0.1, 0.15) is 42.9 Å². The van der Waals surface area contributed by atoms with E-state index in [-0.39, 0.29) is 31.9 Å². The van der Waals surface area contributed by atoms with Crippen LogP contribution >= 0.6 is 11.6 Å². The van der Waals surface area contributed by atoms with Gasteiger partial charge >= 0.3 is 11.9 Å². The topological polar surface area (TPSA) is 98.0 Å². The average Bonchev–Trinajstić information content (AvgIpc) is 3.24. The molecule has 0 spiro atoms. The molecule has 0 unspecified atom stereocenters. The van der Waals surface area contributed by atoms with E-state index >= 15 is 4.39 Å². The number of aromatic nitrogens is 1. The minimum Gasteiger partial charge on any atom is -0.490 e. The predicted octanol–water partition coefficient (Wildman–Crippen LogP) is 7.56. The number of nitrogens with zero attached hydrogens (tertiary/aromatic N) is 1. The van der Waals surface area contributed by atoms with Crippen molar-refractivity contribution in [1.29, 1.82) is 0 Å². The zero-order valence-electron chi connectivity index (χ0n) is 23.4. The second kappa shape index (κ2) is 14.5. The highest BCUT2D eigenvalue weighted by molar-refractivity contribution is 6.32. The van der Waals surface area contributed by atoms with Gasteiger partial charge in [-0.1, -0.05) is 35.9 Å². The summed E-state index contributed by atoms with van der Waals surface area (Å²) in [4.78, 5) is 22.7. The molecule has 224 valence electrons. The molecule has 0 radical (unpaired) electrons. The third-order valence-electron chi connectivity index (χ3n) is 6.76. The summed E-state index contributed by atoms with van der Waals surface area (Å²) in [6, 6.07) is 14.2. The first kappa shape index (κ1) is 31.3. The molecule has 0 amide bonds. The number of carboxylic acid groups (broad SMARTS) is 2. The molecule has 2 N–H and O–H groups in total. The molecule has 0 saturated carbocycles. The molecule has 0 bridgehead atoms. The van der Waals surface area contributed by atoms with Crippen molar-refractivity contribution >= 4 is 46.6 Å². The summed E-state index contributed by atoms with van der Waals surface area (Å²) in [5.74, 6) is -2.02. The number of carbonyl (C=O) groups is 2. The zero-order chi connectivity index (χ0) is 30.9. The summed E-state index contributed by atoms with van der Waals surface area (Å²) in [7, 11) is 0. The summed E-state index contributed by atoms with van der Waals surface area (Å²) < 4.78 is 41.1. The largest absolute Gasteiger partial charge is 0.490 e. The minimum absolute atomic E-state index is 0.0669. The van der Waals surface area contributed by atoms with E-state index in [1.807, 2.05) is 18.2 Å². The molecule has 0 aliphatic rings. The Bertz CT molecular complexity index is 1680. The zero-order valence-corrected chi connectivity index (χ0v) is 24.1. The van der Waals surface area contributed by atoms with E-state index in [9.17, 15) is 19.1 Å². The lowest BCUT2D eigenvalue weighted by molar-refractivity contribution is -0.138. The Morgan fingerprint density at radius 2 is 1.65 bits per heavy atom. The van der Waals surface area contributed by atoms with Crippen LogP contribution in [0.15, 0.2) is 66.7 Å². The summed E-state index contributed by atoms with van der Waals surface area (Å²) in [5.41, 5.74) is 3.15. The number of halogens is 3. The third kappa shape index (κ3) is 8.23. The van der Waals surface area contributed by atoms with E-state index in [1.165, 1.54) is 24.3 Å². The van der Waals surface area contributed by atoms with Gasteiger partial charge in [0.05, 0.1) is 10.5 Å². The van der Waals surface area contributed by atoms with Crippen molar-refractivity contribution in [3.05, 3.63) is 106 Å². The second-order valence-electron chi connectivity index (χ2n) is 9.72. The van der Waals surface area contributed by atoms with E-state index < -0.39 is 23.6 Å². The van der Waals surface area contributed by atoms with Gasteiger partial charge in [0.2, 0.25) is 0 Å². The Hall–Kier alpha value is -4.63. The lowest BCUT2D eigenvalue weighted by atomic mass is 10.0. The standard InChI is InChI=1S/C33H30ClF2NO6/c1-21-26(5-4-6-30(38)39)32-28(36)16-11-23(33(32)37(21)20-31(40)41)10-7-22-8-13-25(14-9-22)42-17-2-3-18-43-29-19-24(35)12-15-27(29)34/h2-3,7-16,19H,4-6,17-18,20H2,1H3,(H,38,39)(H,40,41)/b3-2+,10-7?. The highest BCUT2D eigenvalue weighted by Gasteiger charge is 2.21. The quantitative estimate of drug-likeness (QED) is 0.113. The normalized spacial score (nSPS) is 11.5. The fourth-order valence-electron chi connectivity index (χ4n) is 4.73. The van der Waals surface area contributed by atoms with Crippen molar-refractivity contribution in [2.75, 3.05) is 13.2 Å². The predicted molar refractivity (Wildman–Crippen MR) is 162 cm³/mol. The van der Waals surface area contributed by atoms with E-state index in [2.05, 4.69) is 0 Å². The molecule has 1 heterocycles. The van der Waals surface area contributed by atoms with Crippen LogP contribution in [0.2, 0.25) is 5.02 Å². The van der Waals surface area contributed by atoms with Crippen LogP contribution in [0.5, 0.6) is 11.5 Å². The van der Waals surface area contributed by atoms with Crippen molar-refractivity contribution in [3.63, 3.8) is 0 Å². The van der Waals surface area contributed by atoms with Crippen molar-refractivity contribution in [2.24, 2.45) is 0 Å². The Morgan fingerprint density at radius 1 is 0.930 bits per heavy atom. The first-order chi connectivity index (χ1) is 20.6. The number of aliphatic carboxylic acids is 2. The summed E-state index contributed by atoms with van der Waals surface area (Å²) in [5, 5.41) is 19.2. The molecule has 4 aromatic rings. The molecule has 10 heteroatoms. The maximum Gasteiger partial charge on any atom is 0.323 e. The van der Waals surface area contributed by atoms with Gasteiger partial charge < -0.3 is 24.3 Å². The van der Waals surface area contributed by atoms with Crippen LogP contribution in [0.1, 0.15) is 35.2 Å². The Labute approximate surface area is 252 Å². The first-order valence-corrected chi connectivity index (χ1v) is 13.9. The van der Waals surface area contributed by atoms with Crippen LogP contribution in [-0.4, -0.2) is 39.9 Å². The molecule has 43 heavy (non-hydrogen) atoms. The Kier molecular flexibility index (Phi) is 10.6. The molecular weight excluding hydrogens is 580 g/mol. The smallest absolute Gasteiger partial charge is 0.323 e. The fourth-order valence-corrected chi connectivity index (χ4v) is 4.90. The number of aryl methyl sites for hydroxylation is 1. The van der Waals surface area contributed by atoms with E-state index in [4.69, 9.17) is 26.2 Å². The number of hydrogen-bond donors (Lipinski definition) is 2. The molecule has 0 fully saturated rings. The molecule has 0 aliphatic heterocycles. The molecule has 7 nitrogen and oxygen atoms in total. The molecule has 3 aromatic carbocycles. The van der Waals surface area contributed by atoms with Crippen molar-refractivity contribution in [2.45, 2.75) is 32.7 Å². The summed E-state index contributed by atoms with van der Waals surface area (Å²) >= 11 is 5.98. The fraction of sp³-hybridized carbons (Fsp3) is 0.212. The van der Waals surface area contributed by atoms with Gasteiger partial charge in [-0.2, -0.15) is 0 Å². The number of ether oxygens (including phenoxy) is 2.